The molecule has 0 saturated carbocycles. The zero-order chi connectivity index (χ0) is 18.8. The van der Waals surface area contributed by atoms with Crippen LogP contribution in [-0.4, -0.2) is 28.6 Å². The smallest absolute Gasteiger partial charge is 0.338 e. The Kier molecular flexibility index (Phi) is 4.91. The number of benzene rings is 1. The molecule has 138 valence electrons. The van der Waals surface area contributed by atoms with E-state index in [4.69, 9.17) is 20.9 Å². The molecule has 1 fully saturated rings. The number of aromatic nitrogens is 2. The molecule has 1 aliphatic heterocycles. The first-order chi connectivity index (χ1) is 13.1. The van der Waals surface area contributed by atoms with Gasteiger partial charge < -0.3 is 14.2 Å². The highest BCUT2D eigenvalue weighted by atomic mass is 35.5. The van der Waals surface area contributed by atoms with Crippen molar-refractivity contribution in [2.45, 2.75) is 19.4 Å². The second kappa shape index (κ2) is 7.50. The van der Waals surface area contributed by atoms with Crippen molar-refractivity contribution in [1.29, 1.82) is 0 Å². The normalized spacial score (nSPS) is 14.0. The summed E-state index contributed by atoms with van der Waals surface area (Å²) in [7, 11) is 0. The number of amides is 1. The Morgan fingerprint density at radius 1 is 1.37 bits per heavy atom. The fraction of sp³-hybridized carbons (Fsp3) is 0.222. The van der Waals surface area contributed by atoms with Crippen LogP contribution < -0.4 is 4.90 Å². The monoisotopic (exact) mass is 403 g/mol. The molecule has 4 rings (SSSR count). The lowest BCUT2D eigenvalue weighted by Crippen LogP contribution is -2.24. The fourth-order valence-electron chi connectivity index (χ4n) is 2.78. The van der Waals surface area contributed by atoms with Gasteiger partial charge in [-0.15, -0.1) is 0 Å². The summed E-state index contributed by atoms with van der Waals surface area (Å²) in [6.45, 7) is 0.445. The minimum Gasteiger partial charge on any atom is -0.452 e. The van der Waals surface area contributed by atoms with Crippen molar-refractivity contribution in [1.82, 2.24) is 10.1 Å². The van der Waals surface area contributed by atoms with E-state index in [2.05, 4.69) is 10.1 Å². The van der Waals surface area contributed by atoms with Crippen molar-refractivity contribution >= 4 is 40.5 Å². The predicted molar refractivity (Wildman–Crippen MR) is 99.8 cm³/mol. The van der Waals surface area contributed by atoms with Crippen LogP contribution in [0.3, 0.4) is 0 Å². The number of halogens is 1. The van der Waals surface area contributed by atoms with E-state index >= 15 is 0 Å². The molecule has 3 aromatic rings. The van der Waals surface area contributed by atoms with Gasteiger partial charge in [-0.3, -0.25) is 4.79 Å². The summed E-state index contributed by atoms with van der Waals surface area (Å²) >= 11 is 7.72. The molecule has 0 unspecified atom stereocenters. The number of carbonyl (C=O) groups is 2. The van der Waals surface area contributed by atoms with Crippen LogP contribution >= 0.6 is 22.9 Å². The largest absolute Gasteiger partial charge is 0.452 e. The first kappa shape index (κ1) is 17.7. The second-order valence-electron chi connectivity index (χ2n) is 5.92. The van der Waals surface area contributed by atoms with Crippen LogP contribution in [0.1, 0.15) is 29.1 Å². The van der Waals surface area contributed by atoms with E-state index in [-0.39, 0.29) is 18.4 Å². The van der Waals surface area contributed by atoms with E-state index in [0.717, 1.165) is 12.0 Å². The maximum atomic E-state index is 12.4. The number of rotatable bonds is 5. The van der Waals surface area contributed by atoms with E-state index < -0.39 is 5.97 Å². The van der Waals surface area contributed by atoms with Crippen LogP contribution in [0.25, 0.3) is 11.4 Å². The minimum absolute atomic E-state index is 0.00534. The number of hydrogen-bond acceptors (Lipinski definition) is 7. The third-order valence-electron chi connectivity index (χ3n) is 4.12. The van der Waals surface area contributed by atoms with Crippen LogP contribution in [0, 0.1) is 0 Å². The molecule has 0 atom stereocenters. The number of nitrogens with zero attached hydrogens (tertiary/aromatic N) is 3. The van der Waals surface area contributed by atoms with E-state index in [0.29, 0.717) is 35.1 Å². The Morgan fingerprint density at radius 2 is 2.26 bits per heavy atom. The lowest BCUT2D eigenvalue weighted by molar-refractivity contribution is -0.117. The highest BCUT2D eigenvalue weighted by Gasteiger charge is 2.25. The van der Waals surface area contributed by atoms with Crippen LogP contribution in [0.4, 0.5) is 5.69 Å². The molecule has 0 spiro atoms. The summed E-state index contributed by atoms with van der Waals surface area (Å²) in [4.78, 5) is 30.1. The molecule has 7 nitrogen and oxygen atoms in total. The van der Waals surface area contributed by atoms with Gasteiger partial charge in [0.2, 0.25) is 11.7 Å². The highest BCUT2D eigenvalue weighted by Crippen LogP contribution is 2.30. The molecule has 1 aliphatic rings. The molecule has 0 bridgehead atoms. The molecule has 2 aromatic heterocycles. The van der Waals surface area contributed by atoms with Gasteiger partial charge in [-0.1, -0.05) is 16.8 Å². The summed E-state index contributed by atoms with van der Waals surface area (Å²) in [5.41, 5.74) is 1.66. The van der Waals surface area contributed by atoms with Gasteiger partial charge in [-0.2, -0.15) is 16.3 Å². The predicted octanol–water partition coefficient (Wildman–Crippen LogP) is 3.94. The molecule has 1 amide bonds. The van der Waals surface area contributed by atoms with E-state index in [1.54, 1.807) is 23.1 Å². The van der Waals surface area contributed by atoms with Gasteiger partial charge >= 0.3 is 5.97 Å². The number of hydrogen-bond donors (Lipinski definition) is 0. The van der Waals surface area contributed by atoms with Crippen molar-refractivity contribution in [2.24, 2.45) is 0 Å². The quantitative estimate of drug-likeness (QED) is 0.600. The first-order valence-electron chi connectivity index (χ1n) is 8.24. The second-order valence-corrected chi connectivity index (χ2v) is 7.10. The van der Waals surface area contributed by atoms with Crippen molar-refractivity contribution in [3.63, 3.8) is 0 Å². The lowest BCUT2D eigenvalue weighted by atomic mass is 10.2. The molecule has 9 heteroatoms. The van der Waals surface area contributed by atoms with Crippen molar-refractivity contribution in [2.75, 3.05) is 11.4 Å². The number of thiophene rings is 1. The molecule has 0 N–H and O–H groups in total. The summed E-state index contributed by atoms with van der Waals surface area (Å²) in [5.74, 6) is 0.0844. The van der Waals surface area contributed by atoms with Crippen LogP contribution in [0.5, 0.6) is 0 Å². The van der Waals surface area contributed by atoms with Crippen molar-refractivity contribution < 1.29 is 18.8 Å². The summed E-state index contributed by atoms with van der Waals surface area (Å²) < 4.78 is 10.4. The number of carbonyl (C=O) groups excluding carboxylic acids is 2. The maximum absolute atomic E-state index is 12.4. The zero-order valence-corrected chi connectivity index (χ0v) is 15.6. The van der Waals surface area contributed by atoms with Gasteiger partial charge in [-0.25, -0.2) is 4.79 Å². The van der Waals surface area contributed by atoms with Crippen molar-refractivity contribution in [3.05, 3.63) is 51.5 Å². The topological polar surface area (TPSA) is 85.5 Å². The summed E-state index contributed by atoms with van der Waals surface area (Å²) in [6.07, 6.45) is 1.25. The summed E-state index contributed by atoms with van der Waals surface area (Å²) in [6, 6.07) is 6.58. The average molecular weight is 404 g/mol. The van der Waals surface area contributed by atoms with Gasteiger partial charge in [0, 0.05) is 23.9 Å². The highest BCUT2D eigenvalue weighted by molar-refractivity contribution is 7.08. The standard InChI is InChI=1S/C18H14ClN3O4S/c19-13-4-3-11(8-14(13)22-6-1-2-16(22)23)18(24)25-9-15-20-17(21-26-15)12-5-7-27-10-12/h3-5,7-8,10H,1-2,6,9H2. The molecule has 0 aliphatic carbocycles. The van der Waals surface area contributed by atoms with Crippen LogP contribution in [0.2, 0.25) is 5.02 Å². The van der Waals surface area contributed by atoms with Gasteiger partial charge in [0.15, 0.2) is 6.61 Å². The number of anilines is 1. The third-order valence-corrected chi connectivity index (χ3v) is 5.12. The van der Waals surface area contributed by atoms with E-state index in [1.165, 1.54) is 11.3 Å². The van der Waals surface area contributed by atoms with Gasteiger partial charge in [0.25, 0.3) is 5.89 Å². The number of esters is 1. The summed E-state index contributed by atoms with van der Waals surface area (Å²) in [5, 5.41) is 8.09. The Labute approximate surface area is 163 Å². The Morgan fingerprint density at radius 3 is 3.00 bits per heavy atom. The van der Waals surface area contributed by atoms with Crippen LogP contribution in [0.15, 0.2) is 39.5 Å². The molecule has 1 saturated heterocycles. The Bertz CT molecular complexity index is 986. The minimum atomic E-state index is -0.560. The maximum Gasteiger partial charge on any atom is 0.338 e. The molecule has 3 heterocycles. The van der Waals surface area contributed by atoms with Gasteiger partial charge in [0.05, 0.1) is 16.3 Å². The zero-order valence-electron chi connectivity index (χ0n) is 14.1. The van der Waals surface area contributed by atoms with E-state index in [9.17, 15) is 9.59 Å². The molecular weight excluding hydrogens is 390 g/mol. The lowest BCUT2D eigenvalue weighted by Gasteiger charge is -2.18. The molecule has 1 aromatic carbocycles. The molecular formula is C18H14ClN3O4S. The van der Waals surface area contributed by atoms with Gasteiger partial charge in [0.1, 0.15) is 0 Å². The Hall–Kier alpha value is -2.71. The van der Waals surface area contributed by atoms with E-state index in [1.807, 2.05) is 16.8 Å². The third kappa shape index (κ3) is 3.72. The number of ether oxygens (including phenoxy) is 1. The Balaban J connectivity index is 1.45. The van der Waals surface area contributed by atoms with Crippen LogP contribution in [-0.2, 0) is 16.1 Å². The SMILES string of the molecule is O=C(OCc1nc(-c2ccsc2)no1)c1ccc(Cl)c(N2CCCC2=O)c1. The first-order valence-corrected chi connectivity index (χ1v) is 9.56. The molecule has 27 heavy (non-hydrogen) atoms. The van der Waals surface area contributed by atoms with Gasteiger partial charge in [-0.05, 0) is 36.1 Å². The fourth-order valence-corrected chi connectivity index (χ4v) is 3.64. The van der Waals surface area contributed by atoms with Crippen molar-refractivity contribution in [3.8, 4) is 11.4 Å². The molecule has 0 radical (unpaired) electrons. The average Bonchev–Trinajstić information content (AvgIpc) is 3.41.